The predicted octanol–water partition coefficient (Wildman–Crippen LogP) is 3.52. The van der Waals surface area contributed by atoms with E-state index in [1.807, 2.05) is 0 Å². The molecule has 0 aliphatic heterocycles. The van der Waals surface area contributed by atoms with Gasteiger partial charge in [-0.15, -0.1) is 0 Å². The van der Waals surface area contributed by atoms with E-state index >= 15 is 0 Å². The van der Waals surface area contributed by atoms with Gasteiger partial charge in [0.05, 0.1) is 5.56 Å². The summed E-state index contributed by atoms with van der Waals surface area (Å²) >= 11 is 0. The molecule has 6 heteroatoms. The van der Waals surface area contributed by atoms with Crippen molar-refractivity contribution in [1.82, 2.24) is 4.98 Å². The smallest absolute Gasteiger partial charge is 0.416 e. The molecule has 2 N–H and O–H groups in total. The number of alkyl halides is 3. The van der Waals surface area contributed by atoms with Gasteiger partial charge in [0.15, 0.2) is 11.5 Å². The summed E-state index contributed by atoms with van der Waals surface area (Å²) in [4.78, 5) is 4.09. The van der Waals surface area contributed by atoms with Crippen molar-refractivity contribution in [2.75, 3.05) is 6.54 Å². The highest BCUT2D eigenvalue weighted by molar-refractivity contribution is 5.73. The Morgan fingerprint density at radius 3 is 2.63 bits per heavy atom. The SMILES string of the molecule is NCCCCCc1nc2cc(C(F)(F)F)ccc2o1. The summed E-state index contributed by atoms with van der Waals surface area (Å²) < 4.78 is 43.0. The van der Waals surface area contributed by atoms with Crippen LogP contribution in [0, 0.1) is 0 Å². The molecule has 0 aliphatic rings. The minimum atomic E-state index is -4.35. The molecule has 0 atom stereocenters. The molecule has 0 unspecified atom stereocenters. The van der Waals surface area contributed by atoms with Crippen molar-refractivity contribution in [2.24, 2.45) is 5.73 Å². The van der Waals surface area contributed by atoms with Crippen molar-refractivity contribution in [1.29, 1.82) is 0 Å². The third-order valence-corrected chi connectivity index (χ3v) is 2.85. The summed E-state index contributed by atoms with van der Waals surface area (Å²) in [6.07, 6.45) is -0.970. The van der Waals surface area contributed by atoms with E-state index in [9.17, 15) is 13.2 Å². The van der Waals surface area contributed by atoms with E-state index in [4.69, 9.17) is 10.2 Å². The summed E-state index contributed by atoms with van der Waals surface area (Å²) in [5, 5.41) is 0. The van der Waals surface area contributed by atoms with Crippen molar-refractivity contribution in [3.8, 4) is 0 Å². The molecular formula is C13H15F3N2O. The number of aryl methyl sites for hydroxylation is 1. The first-order chi connectivity index (χ1) is 9.00. The fourth-order valence-corrected chi connectivity index (χ4v) is 1.86. The highest BCUT2D eigenvalue weighted by Gasteiger charge is 2.30. The zero-order valence-electron chi connectivity index (χ0n) is 10.3. The molecular weight excluding hydrogens is 257 g/mol. The van der Waals surface area contributed by atoms with Crippen molar-refractivity contribution in [3.05, 3.63) is 29.7 Å². The van der Waals surface area contributed by atoms with Gasteiger partial charge < -0.3 is 10.2 Å². The molecule has 2 rings (SSSR count). The number of hydrogen-bond donors (Lipinski definition) is 1. The summed E-state index contributed by atoms with van der Waals surface area (Å²) in [5.41, 5.74) is 5.32. The molecule has 0 radical (unpaired) electrons. The fraction of sp³-hybridized carbons (Fsp3) is 0.462. The van der Waals surface area contributed by atoms with Gasteiger partial charge in [-0.25, -0.2) is 4.98 Å². The zero-order chi connectivity index (χ0) is 13.9. The number of benzene rings is 1. The molecule has 0 bridgehead atoms. The number of nitrogens with zero attached hydrogens (tertiary/aromatic N) is 1. The van der Waals surface area contributed by atoms with Gasteiger partial charge >= 0.3 is 6.18 Å². The van der Waals surface area contributed by atoms with Gasteiger partial charge in [-0.05, 0) is 37.6 Å². The van der Waals surface area contributed by atoms with E-state index in [2.05, 4.69) is 4.98 Å². The van der Waals surface area contributed by atoms with Crippen molar-refractivity contribution < 1.29 is 17.6 Å². The first-order valence-corrected chi connectivity index (χ1v) is 6.17. The van der Waals surface area contributed by atoms with Gasteiger partial charge in [0.2, 0.25) is 0 Å². The lowest BCUT2D eigenvalue weighted by molar-refractivity contribution is -0.137. The van der Waals surface area contributed by atoms with E-state index in [0.29, 0.717) is 24.4 Å². The lowest BCUT2D eigenvalue weighted by atomic mass is 10.2. The van der Waals surface area contributed by atoms with Gasteiger partial charge in [0.25, 0.3) is 0 Å². The zero-order valence-corrected chi connectivity index (χ0v) is 10.3. The minimum absolute atomic E-state index is 0.253. The van der Waals surface area contributed by atoms with Crippen LogP contribution >= 0.6 is 0 Å². The summed E-state index contributed by atoms with van der Waals surface area (Å²) in [7, 11) is 0. The van der Waals surface area contributed by atoms with Crippen LogP contribution in [0.4, 0.5) is 13.2 Å². The lowest BCUT2D eigenvalue weighted by Gasteiger charge is -2.04. The number of unbranched alkanes of at least 4 members (excludes halogenated alkanes) is 2. The largest absolute Gasteiger partial charge is 0.441 e. The quantitative estimate of drug-likeness (QED) is 0.847. The highest BCUT2D eigenvalue weighted by Crippen LogP contribution is 2.31. The maximum atomic E-state index is 12.5. The second-order valence-corrected chi connectivity index (χ2v) is 4.39. The molecule has 2 aromatic rings. The predicted molar refractivity (Wildman–Crippen MR) is 65.6 cm³/mol. The van der Waals surface area contributed by atoms with Crippen LogP contribution in [-0.4, -0.2) is 11.5 Å². The number of fused-ring (bicyclic) bond motifs is 1. The Hall–Kier alpha value is -1.56. The lowest BCUT2D eigenvalue weighted by Crippen LogP contribution is -2.03. The van der Waals surface area contributed by atoms with Crippen molar-refractivity contribution >= 4 is 11.1 Å². The maximum absolute atomic E-state index is 12.5. The molecule has 1 aromatic carbocycles. The monoisotopic (exact) mass is 272 g/mol. The van der Waals surface area contributed by atoms with Crippen LogP contribution in [0.5, 0.6) is 0 Å². The average molecular weight is 272 g/mol. The highest BCUT2D eigenvalue weighted by atomic mass is 19.4. The van der Waals surface area contributed by atoms with Gasteiger partial charge in [0.1, 0.15) is 5.52 Å². The first-order valence-electron chi connectivity index (χ1n) is 6.17. The Labute approximate surface area is 108 Å². The van der Waals surface area contributed by atoms with E-state index in [1.54, 1.807) is 0 Å². The Balaban J connectivity index is 2.12. The second-order valence-electron chi connectivity index (χ2n) is 4.39. The third kappa shape index (κ3) is 3.47. The second kappa shape index (κ2) is 5.61. The van der Waals surface area contributed by atoms with Crippen LogP contribution in [0.3, 0.4) is 0 Å². The molecule has 1 heterocycles. The molecule has 0 spiro atoms. The number of nitrogens with two attached hydrogens (primary N) is 1. The van der Waals surface area contributed by atoms with E-state index in [-0.39, 0.29) is 5.52 Å². The van der Waals surface area contributed by atoms with Crippen LogP contribution in [0.15, 0.2) is 22.6 Å². The van der Waals surface area contributed by atoms with Crippen molar-refractivity contribution in [3.63, 3.8) is 0 Å². The number of aromatic nitrogens is 1. The number of hydrogen-bond acceptors (Lipinski definition) is 3. The van der Waals surface area contributed by atoms with Gasteiger partial charge in [-0.3, -0.25) is 0 Å². The van der Waals surface area contributed by atoms with Gasteiger partial charge in [-0.2, -0.15) is 13.2 Å². The molecule has 0 fully saturated rings. The van der Waals surface area contributed by atoms with Crippen LogP contribution in [0.1, 0.15) is 30.7 Å². The minimum Gasteiger partial charge on any atom is -0.441 e. The summed E-state index contributed by atoms with van der Waals surface area (Å²) in [6.45, 7) is 0.641. The molecule has 0 saturated heterocycles. The molecule has 1 aromatic heterocycles. The summed E-state index contributed by atoms with van der Waals surface area (Å²) in [5.74, 6) is 0.478. The molecule has 0 amide bonds. The Bertz CT molecular complexity index is 548. The maximum Gasteiger partial charge on any atom is 0.416 e. The van der Waals surface area contributed by atoms with Crippen LogP contribution in [0.25, 0.3) is 11.1 Å². The third-order valence-electron chi connectivity index (χ3n) is 2.85. The van der Waals surface area contributed by atoms with Gasteiger partial charge in [-0.1, -0.05) is 6.42 Å². The van der Waals surface area contributed by atoms with Crippen LogP contribution in [-0.2, 0) is 12.6 Å². The molecule has 3 nitrogen and oxygen atoms in total. The van der Waals surface area contributed by atoms with Crippen LogP contribution < -0.4 is 5.73 Å². The van der Waals surface area contributed by atoms with Crippen LogP contribution in [0.2, 0.25) is 0 Å². The molecule has 0 aliphatic carbocycles. The molecule has 19 heavy (non-hydrogen) atoms. The Morgan fingerprint density at radius 1 is 1.16 bits per heavy atom. The number of oxazole rings is 1. The van der Waals surface area contributed by atoms with E-state index in [0.717, 1.165) is 31.4 Å². The standard InChI is InChI=1S/C13H15F3N2O/c14-13(15,16)9-5-6-11-10(8-9)18-12(19-11)4-2-1-3-7-17/h5-6,8H,1-4,7,17H2. The number of halogens is 3. The van der Waals surface area contributed by atoms with Crippen molar-refractivity contribution in [2.45, 2.75) is 31.9 Å². The first kappa shape index (κ1) is 13.9. The Morgan fingerprint density at radius 2 is 1.95 bits per heavy atom. The topological polar surface area (TPSA) is 52.0 Å². The van der Waals surface area contributed by atoms with E-state index < -0.39 is 11.7 Å². The Kier molecular flexibility index (Phi) is 4.09. The fourth-order valence-electron chi connectivity index (χ4n) is 1.86. The average Bonchev–Trinajstić information content (AvgIpc) is 2.75. The van der Waals surface area contributed by atoms with Gasteiger partial charge in [0, 0.05) is 6.42 Å². The normalized spacial score (nSPS) is 12.2. The molecule has 104 valence electrons. The summed E-state index contributed by atoms with van der Waals surface area (Å²) in [6, 6.07) is 3.34. The number of rotatable bonds is 5. The van der Waals surface area contributed by atoms with E-state index in [1.165, 1.54) is 6.07 Å². The molecule has 0 saturated carbocycles.